The number of halogens is 2. The molecule has 0 radical (unpaired) electrons. The second-order valence-electron chi connectivity index (χ2n) is 3.11. The van der Waals surface area contributed by atoms with Gasteiger partial charge in [-0.15, -0.1) is 0 Å². The molecule has 1 aromatic carbocycles. The van der Waals surface area contributed by atoms with Gasteiger partial charge >= 0.3 is 6.61 Å². The van der Waals surface area contributed by atoms with Crippen molar-refractivity contribution in [3.8, 4) is 5.75 Å². The second-order valence-corrected chi connectivity index (χ2v) is 3.11. The number of hydrogen-bond acceptors (Lipinski definition) is 4. The van der Waals surface area contributed by atoms with Gasteiger partial charge in [-0.2, -0.15) is 8.78 Å². The molecule has 0 aliphatic rings. The van der Waals surface area contributed by atoms with Crippen LogP contribution in [0.25, 0.3) is 0 Å². The predicted molar refractivity (Wildman–Crippen MR) is 51.1 cm³/mol. The molecule has 2 atom stereocenters. The third kappa shape index (κ3) is 3.13. The van der Waals surface area contributed by atoms with Gasteiger partial charge in [0.25, 0.3) is 0 Å². The monoisotopic (exact) mass is 234 g/mol. The van der Waals surface area contributed by atoms with E-state index < -0.39 is 25.4 Å². The Hall–Kier alpha value is -1.24. The molecule has 0 bridgehead atoms. The minimum Gasteiger partial charge on any atom is -0.434 e. The van der Waals surface area contributed by atoms with Crippen LogP contribution in [0.5, 0.6) is 5.75 Å². The highest BCUT2D eigenvalue weighted by Gasteiger charge is 2.22. The molecule has 0 fully saturated rings. The Morgan fingerprint density at radius 1 is 1.19 bits per heavy atom. The van der Waals surface area contributed by atoms with Crippen LogP contribution >= 0.6 is 0 Å². The summed E-state index contributed by atoms with van der Waals surface area (Å²) in [6, 6.07) is 5.54. The van der Waals surface area contributed by atoms with Gasteiger partial charge in [-0.05, 0) is 6.07 Å². The summed E-state index contributed by atoms with van der Waals surface area (Å²) in [6.07, 6.45) is -2.91. The maximum absolute atomic E-state index is 12.0. The molecule has 2 unspecified atom stereocenters. The van der Waals surface area contributed by atoms with Gasteiger partial charge in [-0.3, -0.25) is 0 Å². The van der Waals surface area contributed by atoms with Crippen molar-refractivity contribution in [3.63, 3.8) is 0 Å². The van der Waals surface area contributed by atoms with E-state index in [0.717, 1.165) is 0 Å². The molecule has 16 heavy (non-hydrogen) atoms. The molecule has 3 N–H and O–H groups in total. The average molecular weight is 234 g/mol. The lowest BCUT2D eigenvalue weighted by atomic mass is 10.0. The van der Waals surface area contributed by atoms with Gasteiger partial charge in [0.1, 0.15) is 18.0 Å². The highest BCUT2D eigenvalue weighted by atomic mass is 19.3. The number of alkyl halides is 2. The number of rotatable bonds is 5. The number of aliphatic hydroxyl groups excluding tert-OH is 3. The van der Waals surface area contributed by atoms with E-state index in [4.69, 9.17) is 5.11 Å². The summed E-state index contributed by atoms with van der Waals surface area (Å²) < 4.78 is 28.2. The van der Waals surface area contributed by atoms with Crippen LogP contribution in [0, 0.1) is 0 Å². The van der Waals surface area contributed by atoms with Gasteiger partial charge < -0.3 is 20.1 Å². The van der Waals surface area contributed by atoms with Crippen LogP contribution in [-0.4, -0.2) is 34.6 Å². The van der Waals surface area contributed by atoms with Crippen LogP contribution in [-0.2, 0) is 0 Å². The van der Waals surface area contributed by atoms with Crippen LogP contribution in [0.15, 0.2) is 24.3 Å². The quantitative estimate of drug-likeness (QED) is 0.700. The van der Waals surface area contributed by atoms with E-state index in [1.807, 2.05) is 0 Å². The van der Waals surface area contributed by atoms with Crippen molar-refractivity contribution in [2.24, 2.45) is 0 Å². The number of aliphatic hydroxyl groups is 3. The number of hydrogen-bond donors (Lipinski definition) is 3. The number of benzene rings is 1. The van der Waals surface area contributed by atoms with E-state index in [-0.39, 0.29) is 11.3 Å². The van der Waals surface area contributed by atoms with Crippen molar-refractivity contribution in [2.45, 2.75) is 18.8 Å². The fourth-order valence-corrected chi connectivity index (χ4v) is 1.24. The van der Waals surface area contributed by atoms with Gasteiger partial charge in [0, 0.05) is 5.56 Å². The molecule has 1 aromatic rings. The lowest BCUT2D eigenvalue weighted by Crippen LogP contribution is -2.22. The Labute approximate surface area is 90.7 Å². The first-order valence-electron chi connectivity index (χ1n) is 4.57. The normalized spacial score (nSPS) is 14.9. The Balaban J connectivity index is 2.93. The Morgan fingerprint density at radius 2 is 1.81 bits per heavy atom. The van der Waals surface area contributed by atoms with E-state index in [1.54, 1.807) is 0 Å². The summed E-state index contributed by atoms with van der Waals surface area (Å²) in [4.78, 5) is 0. The van der Waals surface area contributed by atoms with E-state index in [0.29, 0.717) is 0 Å². The van der Waals surface area contributed by atoms with Crippen LogP contribution in [0.1, 0.15) is 11.7 Å². The van der Waals surface area contributed by atoms with Crippen LogP contribution in [0.2, 0.25) is 0 Å². The lowest BCUT2D eigenvalue weighted by Gasteiger charge is -2.18. The molecule has 1 rings (SSSR count). The molecule has 0 heterocycles. The maximum Gasteiger partial charge on any atom is 0.387 e. The zero-order chi connectivity index (χ0) is 12.1. The van der Waals surface area contributed by atoms with Crippen molar-refractivity contribution >= 4 is 0 Å². The van der Waals surface area contributed by atoms with E-state index in [9.17, 15) is 19.0 Å². The second kappa shape index (κ2) is 5.74. The van der Waals surface area contributed by atoms with Gasteiger partial charge in [-0.25, -0.2) is 0 Å². The highest BCUT2D eigenvalue weighted by molar-refractivity contribution is 5.35. The van der Waals surface area contributed by atoms with Crippen molar-refractivity contribution in [1.82, 2.24) is 0 Å². The first-order valence-corrected chi connectivity index (χ1v) is 4.57. The molecular formula is C10H12F2O4. The number of ether oxygens (including phenoxy) is 1. The molecular weight excluding hydrogens is 222 g/mol. The largest absolute Gasteiger partial charge is 0.434 e. The SMILES string of the molecule is OCC(O)C(O)c1ccccc1OC(F)F. The van der Waals surface area contributed by atoms with E-state index >= 15 is 0 Å². The zero-order valence-corrected chi connectivity index (χ0v) is 8.25. The van der Waals surface area contributed by atoms with Gasteiger partial charge in [-0.1, -0.05) is 18.2 Å². The molecule has 0 aliphatic carbocycles. The van der Waals surface area contributed by atoms with E-state index in [2.05, 4.69) is 4.74 Å². The zero-order valence-electron chi connectivity index (χ0n) is 8.25. The molecule has 0 saturated carbocycles. The van der Waals surface area contributed by atoms with E-state index in [1.165, 1.54) is 24.3 Å². The van der Waals surface area contributed by atoms with Crippen LogP contribution in [0.4, 0.5) is 8.78 Å². The van der Waals surface area contributed by atoms with Gasteiger partial charge in [0.05, 0.1) is 6.61 Å². The molecule has 0 saturated heterocycles. The van der Waals surface area contributed by atoms with Crippen molar-refractivity contribution in [1.29, 1.82) is 0 Å². The lowest BCUT2D eigenvalue weighted by molar-refractivity contribution is -0.0557. The summed E-state index contributed by atoms with van der Waals surface area (Å²) in [5.41, 5.74) is 0.00403. The maximum atomic E-state index is 12.0. The topological polar surface area (TPSA) is 69.9 Å². The molecule has 0 aliphatic heterocycles. The fraction of sp³-hybridized carbons (Fsp3) is 0.400. The summed E-state index contributed by atoms with van der Waals surface area (Å²) in [5, 5.41) is 27.4. The molecule has 4 nitrogen and oxygen atoms in total. The average Bonchev–Trinajstić information content (AvgIpc) is 2.27. The minimum atomic E-state index is -3.01. The smallest absolute Gasteiger partial charge is 0.387 e. The molecule has 0 amide bonds. The third-order valence-corrected chi connectivity index (χ3v) is 2.01. The molecule has 0 aromatic heterocycles. The fourth-order valence-electron chi connectivity index (χ4n) is 1.24. The first kappa shape index (κ1) is 12.8. The standard InChI is InChI=1S/C10H12F2O4/c11-10(12)16-8-4-2-1-3-6(8)9(15)7(14)5-13/h1-4,7,9-10,13-15H,5H2. The first-order chi connectivity index (χ1) is 7.56. The minimum absolute atomic E-state index is 0.00403. The number of para-hydroxylation sites is 1. The third-order valence-electron chi connectivity index (χ3n) is 2.01. The Morgan fingerprint density at radius 3 is 2.38 bits per heavy atom. The van der Waals surface area contributed by atoms with Crippen molar-refractivity contribution in [3.05, 3.63) is 29.8 Å². The Kier molecular flexibility index (Phi) is 4.60. The van der Waals surface area contributed by atoms with Gasteiger partial charge in [0.2, 0.25) is 0 Å². The Bertz CT molecular complexity index is 332. The summed E-state index contributed by atoms with van der Waals surface area (Å²) in [7, 11) is 0. The van der Waals surface area contributed by atoms with Crippen molar-refractivity contribution < 1.29 is 28.8 Å². The highest BCUT2D eigenvalue weighted by Crippen LogP contribution is 2.28. The summed E-state index contributed by atoms with van der Waals surface area (Å²) in [6.45, 7) is -3.69. The summed E-state index contributed by atoms with van der Waals surface area (Å²) >= 11 is 0. The molecule has 90 valence electrons. The molecule has 6 heteroatoms. The van der Waals surface area contributed by atoms with Crippen LogP contribution in [0.3, 0.4) is 0 Å². The summed E-state index contributed by atoms with van der Waals surface area (Å²) in [5.74, 6) is -0.225. The van der Waals surface area contributed by atoms with Crippen molar-refractivity contribution in [2.75, 3.05) is 6.61 Å². The van der Waals surface area contributed by atoms with Crippen LogP contribution < -0.4 is 4.74 Å². The predicted octanol–water partition coefficient (Wildman–Crippen LogP) is 0.675. The molecule has 0 spiro atoms. The van der Waals surface area contributed by atoms with Gasteiger partial charge in [0.15, 0.2) is 0 Å².